The van der Waals surface area contributed by atoms with Crippen molar-refractivity contribution in [2.75, 3.05) is 19.9 Å². The van der Waals surface area contributed by atoms with Crippen LogP contribution in [0.25, 0.3) is 43.6 Å². The summed E-state index contributed by atoms with van der Waals surface area (Å²) in [5.41, 5.74) is 4.91. The summed E-state index contributed by atoms with van der Waals surface area (Å²) in [6, 6.07) is 15.8. The first-order valence-electron chi connectivity index (χ1n) is 18.5. The van der Waals surface area contributed by atoms with Crippen molar-refractivity contribution in [3.8, 4) is 0 Å². The van der Waals surface area contributed by atoms with Gasteiger partial charge in [0.05, 0.1) is 45.1 Å². The molecule has 6 heterocycles. The van der Waals surface area contributed by atoms with Gasteiger partial charge in [-0.25, -0.2) is 0 Å². The lowest BCUT2D eigenvalue weighted by Crippen LogP contribution is -2.61. The number of hydrogen-bond acceptors (Lipinski definition) is 9. The van der Waals surface area contributed by atoms with Crippen LogP contribution in [-0.4, -0.2) is 91.7 Å². The third-order valence-electron chi connectivity index (χ3n) is 11.7. The summed E-state index contributed by atoms with van der Waals surface area (Å²) in [4.78, 5) is 42.4. The third-order valence-corrected chi connectivity index (χ3v) is 12.5. The van der Waals surface area contributed by atoms with E-state index in [9.17, 15) is 22.8 Å². The summed E-state index contributed by atoms with van der Waals surface area (Å²) in [5.74, 6) is -0.750. The van der Waals surface area contributed by atoms with Gasteiger partial charge in [-0.2, -0.15) is 8.42 Å². The predicted molar refractivity (Wildman–Crippen MR) is 203 cm³/mol. The van der Waals surface area contributed by atoms with Gasteiger partial charge in [-0.15, -0.1) is 5.10 Å². The van der Waals surface area contributed by atoms with Gasteiger partial charge in [-0.3, -0.25) is 23.6 Å². The molecule has 2 N–H and O–H groups in total. The maximum atomic E-state index is 14.0. The van der Waals surface area contributed by atoms with Gasteiger partial charge in [-0.1, -0.05) is 41.6 Å². The number of likely N-dealkylation sites (N-methyl/N-ethyl adjacent to an activating group) is 1. The Morgan fingerprint density at radius 1 is 1.05 bits per heavy atom. The molecule has 16 heteroatoms. The van der Waals surface area contributed by atoms with E-state index >= 15 is 0 Å². The standard InChI is InChI=1S/C39H41N7O8S/c1-39-37(53-3)29(43(2)30(48)16-15-23(47)14-13-22-21-44(42-41-22)17-8-18-55(50,51)52)19-31(54-39)45-27-11-6-4-9-24(27)33-34-26(20-40-38(34)49)32-25-10-5-7-12-28(25)46(39)36(32)35(33)45/h4-7,9-12,21,29,31,37H,8,13-20H2,1-3H3,(H,40,49)(H,50,51,52)/t29-,31-,37-,39+/m1/s1. The van der Waals surface area contributed by atoms with Crippen LogP contribution in [0.3, 0.4) is 0 Å². The fourth-order valence-electron chi connectivity index (χ4n) is 9.36. The fourth-order valence-corrected chi connectivity index (χ4v) is 9.86. The zero-order chi connectivity index (χ0) is 38.4. The van der Waals surface area contributed by atoms with E-state index < -0.39 is 34.2 Å². The number of para-hydroxylation sites is 2. The number of nitrogens with one attached hydrogen (secondary N) is 1. The molecule has 3 aromatic heterocycles. The minimum atomic E-state index is -4.06. The van der Waals surface area contributed by atoms with Crippen molar-refractivity contribution in [3.63, 3.8) is 0 Å². The zero-order valence-electron chi connectivity index (χ0n) is 30.7. The zero-order valence-corrected chi connectivity index (χ0v) is 31.5. The van der Waals surface area contributed by atoms with Gasteiger partial charge < -0.3 is 28.8 Å². The first-order valence-corrected chi connectivity index (χ1v) is 20.1. The average Bonchev–Trinajstić information content (AvgIpc) is 3.92. The molecular weight excluding hydrogens is 727 g/mol. The molecular formula is C39H41N7O8S. The Morgan fingerprint density at radius 3 is 2.53 bits per heavy atom. The molecule has 55 heavy (non-hydrogen) atoms. The molecule has 1 fully saturated rings. The molecule has 3 aromatic carbocycles. The minimum absolute atomic E-state index is 0.0161. The Balaban J connectivity index is 1.03. The predicted octanol–water partition coefficient (Wildman–Crippen LogP) is 4.44. The second-order valence-corrected chi connectivity index (χ2v) is 16.5. The van der Waals surface area contributed by atoms with Gasteiger partial charge in [0.1, 0.15) is 18.1 Å². The third kappa shape index (κ3) is 5.56. The number of fused-ring (bicyclic) bond motifs is 13. The van der Waals surface area contributed by atoms with Crippen molar-refractivity contribution in [2.45, 2.75) is 82.6 Å². The van der Waals surface area contributed by atoms with Gasteiger partial charge in [0.25, 0.3) is 16.0 Å². The van der Waals surface area contributed by atoms with E-state index in [1.165, 1.54) is 4.68 Å². The van der Waals surface area contributed by atoms with E-state index in [1.807, 2.05) is 31.2 Å². The lowest BCUT2D eigenvalue weighted by Gasteiger charge is -2.50. The van der Waals surface area contributed by atoms with Crippen LogP contribution in [0.15, 0.2) is 54.7 Å². The normalized spacial score (nSPS) is 21.8. The number of carbonyl (C=O) groups excluding carboxylic acids is 3. The lowest BCUT2D eigenvalue weighted by molar-refractivity contribution is -0.266. The summed E-state index contributed by atoms with van der Waals surface area (Å²) in [5, 5.41) is 15.0. The molecule has 2 amide bonds. The summed E-state index contributed by atoms with van der Waals surface area (Å²) in [6.07, 6.45) is 1.68. The molecule has 15 nitrogen and oxygen atoms in total. The number of aromatic nitrogens is 5. The Morgan fingerprint density at radius 2 is 1.78 bits per heavy atom. The molecule has 6 aromatic rings. The summed E-state index contributed by atoms with van der Waals surface area (Å²) in [6.45, 7) is 2.70. The molecule has 3 aliphatic heterocycles. The second kappa shape index (κ2) is 13.0. The Bertz CT molecular complexity index is 2700. The number of ketones is 1. The number of rotatable bonds is 12. The monoisotopic (exact) mass is 767 g/mol. The number of hydrogen-bond donors (Lipinski definition) is 2. The van der Waals surface area contributed by atoms with E-state index in [-0.39, 0.29) is 55.6 Å². The van der Waals surface area contributed by atoms with Crippen LogP contribution in [-0.2, 0) is 54.4 Å². The first-order chi connectivity index (χ1) is 26.4. The molecule has 3 aliphatic rings. The molecule has 2 bridgehead atoms. The highest BCUT2D eigenvalue weighted by molar-refractivity contribution is 7.85. The van der Waals surface area contributed by atoms with E-state index in [0.29, 0.717) is 30.6 Å². The number of nitrogens with zero attached hydrogens (tertiary/aromatic N) is 6. The molecule has 286 valence electrons. The van der Waals surface area contributed by atoms with Gasteiger partial charge >= 0.3 is 0 Å². The van der Waals surface area contributed by atoms with Crippen molar-refractivity contribution in [3.05, 3.63) is 71.5 Å². The van der Waals surface area contributed by atoms with E-state index in [2.05, 4.69) is 49.0 Å². The molecule has 0 unspecified atom stereocenters. The number of Topliss-reactive ketones (excluding diaryl/α,β-unsaturated/α-hetero) is 1. The van der Waals surface area contributed by atoms with Gasteiger partial charge in [0, 0.05) is 80.7 Å². The minimum Gasteiger partial charge on any atom is -0.374 e. The van der Waals surface area contributed by atoms with E-state index in [0.717, 1.165) is 49.2 Å². The molecule has 1 saturated heterocycles. The number of carbonyl (C=O) groups is 3. The molecule has 0 spiro atoms. The highest BCUT2D eigenvalue weighted by Gasteiger charge is 2.55. The van der Waals surface area contributed by atoms with Crippen molar-refractivity contribution < 1.29 is 36.8 Å². The van der Waals surface area contributed by atoms with Crippen LogP contribution in [0.1, 0.15) is 66.9 Å². The average molecular weight is 768 g/mol. The van der Waals surface area contributed by atoms with Crippen LogP contribution in [0.4, 0.5) is 0 Å². The summed E-state index contributed by atoms with van der Waals surface area (Å²) in [7, 11) is -0.646. The van der Waals surface area contributed by atoms with Crippen molar-refractivity contribution >= 4 is 71.3 Å². The highest BCUT2D eigenvalue weighted by Crippen LogP contribution is 2.54. The van der Waals surface area contributed by atoms with Gasteiger partial charge in [0.15, 0.2) is 5.72 Å². The quantitative estimate of drug-likeness (QED) is 0.169. The number of amides is 2. The molecule has 9 rings (SSSR count). The Hall–Kier alpha value is -5.16. The van der Waals surface area contributed by atoms with Crippen LogP contribution in [0.2, 0.25) is 0 Å². The fraction of sp³-hybridized carbons (Fsp3) is 0.410. The summed E-state index contributed by atoms with van der Waals surface area (Å²) >= 11 is 0. The SMILES string of the molecule is CO[C@@H]1[C@H](N(C)C(=O)CCC(=O)CCc2cn(CCCS(=O)(=O)O)nn2)C[C@H]2O[C@]1(C)n1c3ccccc3c3c4c(c5c6ccccc6n2c5c31)C(=O)NC4. The van der Waals surface area contributed by atoms with Crippen LogP contribution in [0.5, 0.6) is 0 Å². The number of benzene rings is 3. The summed E-state index contributed by atoms with van der Waals surface area (Å²) < 4.78 is 50.4. The van der Waals surface area contributed by atoms with Crippen molar-refractivity contribution in [1.29, 1.82) is 0 Å². The van der Waals surface area contributed by atoms with Crippen molar-refractivity contribution in [2.24, 2.45) is 0 Å². The lowest BCUT2D eigenvalue weighted by atomic mass is 9.91. The number of methoxy groups -OCH3 is 1. The largest absolute Gasteiger partial charge is 0.374 e. The van der Waals surface area contributed by atoms with Crippen LogP contribution in [0, 0.1) is 0 Å². The van der Waals surface area contributed by atoms with Gasteiger partial charge in [0.2, 0.25) is 5.91 Å². The van der Waals surface area contributed by atoms with Crippen molar-refractivity contribution in [1.82, 2.24) is 34.3 Å². The number of aryl methyl sites for hydroxylation is 2. The van der Waals surface area contributed by atoms with Gasteiger partial charge in [-0.05, 0) is 37.5 Å². The molecule has 0 saturated carbocycles. The van der Waals surface area contributed by atoms with E-state index in [4.69, 9.17) is 14.0 Å². The van der Waals surface area contributed by atoms with Crippen LogP contribution >= 0.6 is 0 Å². The maximum Gasteiger partial charge on any atom is 0.264 e. The second-order valence-electron chi connectivity index (χ2n) is 15.0. The number of ether oxygens (including phenoxy) is 2. The molecule has 4 atom stereocenters. The molecule has 0 aliphatic carbocycles. The highest BCUT2D eigenvalue weighted by atomic mass is 32.2. The topological polar surface area (TPSA) is 180 Å². The Kier molecular flexibility index (Phi) is 8.38. The molecule has 0 radical (unpaired) electrons. The van der Waals surface area contributed by atoms with E-state index in [1.54, 1.807) is 25.3 Å². The first kappa shape index (κ1) is 35.5. The Labute approximate surface area is 315 Å². The maximum absolute atomic E-state index is 14.0. The smallest absolute Gasteiger partial charge is 0.264 e. The van der Waals surface area contributed by atoms with Crippen LogP contribution < -0.4 is 5.32 Å².